The first-order chi connectivity index (χ1) is 11.3. The molecule has 4 saturated carbocycles. The minimum atomic E-state index is -0.523. The molecule has 2 N–H and O–H groups in total. The maximum Gasteiger partial charge on any atom is 0.0738 e. The molecular formula is C22H36O2. The van der Waals surface area contributed by atoms with Gasteiger partial charge >= 0.3 is 0 Å². The Morgan fingerprint density at radius 3 is 2.50 bits per heavy atom. The van der Waals surface area contributed by atoms with Gasteiger partial charge in [-0.05, 0) is 98.7 Å². The molecule has 0 saturated heterocycles. The molecule has 4 fully saturated rings. The smallest absolute Gasteiger partial charge is 0.0738 e. The summed E-state index contributed by atoms with van der Waals surface area (Å²) in [5.41, 5.74) is -0.00669. The van der Waals surface area contributed by atoms with Crippen LogP contribution in [0.5, 0.6) is 0 Å². The first kappa shape index (κ1) is 17.1. The number of hydrogen-bond donors (Lipinski definition) is 2. The Morgan fingerprint density at radius 1 is 1.00 bits per heavy atom. The fourth-order valence-electron chi connectivity index (χ4n) is 7.92. The van der Waals surface area contributed by atoms with Gasteiger partial charge in [-0.25, -0.2) is 0 Å². The highest BCUT2D eigenvalue weighted by Gasteiger charge is 2.64. The van der Waals surface area contributed by atoms with Crippen molar-refractivity contribution >= 4 is 0 Å². The van der Waals surface area contributed by atoms with Crippen LogP contribution in [0.2, 0.25) is 0 Å². The summed E-state index contributed by atoms with van der Waals surface area (Å²) in [6.07, 6.45) is 13.1. The molecule has 2 nitrogen and oxygen atoms in total. The highest BCUT2D eigenvalue weighted by molar-refractivity contribution is 5.15. The summed E-state index contributed by atoms with van der Waals surface area (Å²) in [7, 11) is 0. The lowest BCUT2D eigenvalue weighted by molar-refractivity contribution is -0.157. The van der Waals surface area contributed by atoms with E-state index in [9.17, 15) is 10.2 Å². The summed E-state index contributed by atoms with van der Waals surface area (Å²) in [6, 6.07) is 0. The molecule has 0 aliphatic heterocycles. The normalized spacial score (nSPS) is 56.9. The van der Waals surface area contributed by atoms with Crippen LogP contribution < -0.4 is 0 Å². The van der Waals surface area contributed by atoms with E-state index >= 15 is 0 Å². The largest absolute Gasteiger partial charge is 0.393 e. The number of rotatable bonds is 2. The first-order valence-electron chi connectivity index (χ1n) is 10.4. The van der Waals surface area contributed by atoms with Gasteiger partial charge in [-0.3, -0.25) is 0 Å². The molecule has 0 spiro atoms. The Kier molecular flexibility index (Phi) is 3.97. The van der Waals surface area contributed by atoms with Gasteiger partial charge in [-0.2, -0.15) is 0 Å². The van der Waals surface area contributed by atoms with Crippen molar-refractivity contribution in [3.8, 4) is 0 Å². The monoisotopic (exact) mass is 332 g/mol. The van der Waals surface area contributed by atoms with E-state index < -0.39 is 5.60 Å². The molecule has 0 bridgehead atoms. The van der Waals surface area contributed by atoms with Crippen LogP contribution in [0.4, 0.5) is 0 Å². The van der Waals surface area contributed by atoms with Crippen molar-refractivity contribution in [1.82, 2.24) is 0 Å². The quantitative estimate of drug-likeness (QED) is 0.720. The molecule has 2 heteroatoms. The average Bonchev–Trinajstić information content (AvgIpc) is 2.80. The molecule has 4 rings (SSSR count). The average molecular weight is 333 g/mol. The Bertz CT molecular complexity index is 516. The fraction of sp³-hybridized carbons (Fsp3) is 0.909. The van der Waals surface area contributed by atoms with Crippen LogP contribution in [-0.4, -0.2) is 21.9 Å². The lowest BCUT2D eigenvalue weighted by Gasteiger charge is -2.61. The van der Waals surface area contributed by atoms with Crippen molar-refractivity contribution in [3.05, 3.63) is 12.7 Å². The van der Waals surface area contributed by atoms with Crippen molar-refractivity contribution in [1.29, 1.82) is 0 Å². The lowest BCUT2D eigenvalue weighted by Crippen LogP contribution is -2.56. The van der Waals surface area contributed by atoms with Gasteiger partial charge in [0.15, 0.2) is 0 Å². The number of hydrogen-bond acceptors (Lipinski definition) is 2. The third kappa shape index (κ3) is 2.14. The highest BCUT2D eigenvalue weighted by atomic mass is 16.3. The van der Waals surface area contributed by atoms with E-state index in [1.54, 1.807) is 0 Å². The third-order valence-corrected chi connectivity index (χ3v) is 9.44. The summed E-state index contributed by atoms with van der Waals surface area (Å²) < 4.78 is 0. The summed E-state index contributed by atoms with van der Waals surface area (Å²) >= 11 is 0. The highest BCUT2D eigenvalue weighted by Crippen LogP contribution is 2.68. The minimum absolute atomic E-state index is 0.0577. The summed E-state index contributed by atoms with van der Waals surface area (Å²) in [6.45, 7) is 8.82. The first-order valence-corrected chi connectivity index (χ1v) is 10.4. The van der Waals surface area contributed by atoms with Gasteiger partial charge < -0.3 is 10.2 Å². The van der Waals surface area contributed by atoms with E-state index in [4.69, 9.17) is 0 Å². The predicted octanol–water partition coefficient (Wildman–Crippen LogP) is 4.70. The van der Waals surface area contributed by atoms with Crippen LogP contribution in [-0.2, 0) is 0 Å². The SMILES string of the molecule is C=CC[C@]1(O)CC[C@@H]2[C@H]3CC[C@H]4C[C@H](O)CC[C@]4(C)[C@@H]3CC[C@@]21C. The Balaban J connectivity index is 1.62. The molecule has 0 aromatic carbocycles. The maximum atomic E-state index is 11.4. The van der Waals surface area contributed by atoms with Gasteiger partial charge in [0, 0.05) is 0 Å². The second kappa shape index (κ2) is 5.58. The van der Waals surface area contributed by atoms with Crippen LogP contribution in [0.1, 0.15) is 78.1 Å². The predicted molar refractivity (Wildman–Crippen MR) is 97.5 cm³/mol. The summed E-state index contributed by atoms with van der Waals surface area (Å²) in [4.78, 5) is 0. The van der Waals surface area contributed by atoms with Gasteiger partial charge in [0.25, 0.3) is 0 Å². The molecular weight excluding hydrogens is 296 g/mol. The van der Waals surface area contributed by atoms with Crippen LogP contribution in [0, 0.1) is 34.5 Å². The van der Waals surface area contributed by atoms with Crippen molar-refractivity contribution in [2.45, 2.75) is 89.8 Å². The molecule has 8 atom stereocenters. The van der Waals surface area contributed by atoms with E-state index in [0.29, 0.717) is 11.3 Å². The van der Waals surface area contributed by atoms with Crippen LogP contribution in [0.25, 0.3) is 0 Å². The zero-order chi connectivity index (χ0) is 17.2. The van der Waals surface area contributed by atoms with E-state index in [0.717, 1.165) is 43.4 Å². The molecule has 0 heterocycles. The van der Waals surface area contributed by atoms with Crippen molar-refractivity contribution in [2.24, 2.45) is 34.5 Å². The zero-order valence-electron chi connectivity index (χ0n) is 15.6. The summed E-state index contributed by atoms with van der Waals surface area (Å²) in [5, 5.41) is 21.5. The molecule has 4 aliphatic carbocycles. The number of aliphatic hydroxyl groups is 2. The molecule has 0 amide bonds. The van der Waals surface area contributed by atoms with E-state index in [2.05, 4.69) is 20.4 Å². The van der Waals surface area contributed by atoms with Gasteiger partial charge in [-0.1, -0.05) is 19.9 Å². The van der Waals surface area contributed by atoms with Gasteiger partial charge in [0.2, 0.25) is 0 Å². The Morgan fingerprint density at radius 2 is 1.75 bits per heavy atom. The Hall–Kier alpha value is -0.340. The molecule has 0 radical (unpaired) electrons. The second-order valence-electron chi connectivity index (χ2n) is 10.1. The van der Waals surface area contributed by atoms with E-state index in [1.165, 1.54) is 38.5 Å². The molecule has 24 heavy (non-hydrogen) atoms. The van der Waals surface area contributed by atoms with Crippen LogP contribution >= 0.6 is 0 Å². The molecule has 0 aromatic heterocycles. The third-order valence-electron chi connectivity index (χ3n) is 9.44. The lowest BCUT2D eigenvalue weighted by atomic mass is 9.44. The van der Waals surface area contributed by atoms with Gasteiger partial charge in [0.05, 0.1) is 11.7 Å². The van der Waals surface area contributed by atoms with Gasteiger partial charge in [-0.15, -0.1) is 6.58 Å². The van der Waals surface area contributed by atoms with Crippen molar-refractivity contribution in [2.75, 3.05) is 0 Å². The number of fused-ring (bicyclic) bond motifs is 5. The van der Waals surface area contributed by atoms with E-state index in [-0.39, 0.29) is 11.5 Å². The standard InChI is InChI=1S/C22H36O2/c1-4-10-22(24)13-9-19-17-6-5-15-14-16(23)7-11-20(15,2)18(17)8-12-21(19,22)3/h4,15-19,23-24H,1,5-14H2,2-3H3/t15-,16+,17-,18+,19+,20-,21-,22-/m0/s1. The second-order valence-corrected chi connectivity index (χ2v) is 10.1. The number of aliphatic hydroxyl groups excluding tert-OH is 1. The van der Waals surface area contributed by atoms with E-state index in [1.807, 2.05) is 6.08 Å². The van der Waals surface area contributed by atoms with Crippen LogP contribution in [0.3, 0.4) is 0 Å². The van der Waals surface area contributed by atoms with Gasteiger partial charge in [0.1, 0.15) is 0 Å². The summed E-state index contributed by atoms with van der Waals surface area (Å²) in [5.74, 6) is 3.01. The van der Waals surface area contributed by atoms with Crippen molar-refractivity contribution in [3.63, 3.8) is 0 Å². The zero-order valence-corrected chi connectivity index (χ0v) is 15.6. The fourth-order valence-corrected chi connectivity index (χ4v) is 7.92. The molecule has 4 aliphatic rings. The topological polar surface area (TPSA) is 40.5 Å². The van der Waals surface area contributed by atoms with Crippen molar-refractivity contribution < 1.29 is 10.2 Å². The molecule has 0 aromatic rings. The van der Waals surface area contributed by atoms with Crippen LogP contribution in [0.15, 0.2) is 12.7 Å². The molecule has 136 valence electrons. The Labute approximate surface area is 147 Å². The molecule has 0 unspecified atom stereocenters. The minimum Gasteiger partial charge on any atom is -0.393 e. The maximum absolute atomic E-state index is 11.4.